The molecule has 1 aromatic carbocycles. The van der Waals surface area contributed by atoms with Crippen LogP contribution in [0.1, 0.15) is 33.1 Å². The molecule has 3 N–H and O–H groups in total. The Balaban J connectivity index is 1.90. The fraction of sp³-hybridized carbons (Fsp3) is 0.625. The summed E-state index contributed by atoms with van der Waals surface area (Å²) in [5.41, 5.74) is 8.42. The molecule has 0 aromatic heterocycles. The van der Waals surface area contributed by atoms with Crippen LogP contribution in [0.15, 0.2) is 24.3 Å². The zero-order valence-electron chi connectivity index (χ0n) is 12.2. The molecule has 1 aliphatic rings. The van der Waals surface area contributed by atoms with Crippen LogP contribution in [-0.2, 0) is 0 Å². The summed E-state index contributed by atoms with van der Waals surface area (Å²) in [5.74, 6) is 0.814. The van der Waals surface area contributed by atoms with Gasteiger partial charge in [0.05, 0.1) is 0 Å². The molecule has 1 saturated heterocycles. The first-order valence-electron chi connectivity index (χ1n) is 7.53. The molecule has 2 rings (SSSR count). The second-order valence-corrected chi connectivity index (χ2v) is 5.79. The maximum Gasteiger partial charge on any atom is 0.0367 e. The van der Waals surface area contributed by atoms with E-state index in [0.717, 1.165) is 24.6 Å². The molecule has 0 amide bonds. The van der Waals surface area contributed by atoms with Crippen LogP contribution < -0.4 is 16.0 Å². The van der Waals surface area contributed by atoms with Gasteiger partial charge in [0.15, 0.2) is 0 Å². The number of rotatable bonds is 5. The van der Waals surface area contributed by atoms with E-state index in [1.165, 1.54) is 31.6 Å². The average molecular weight is 261 g/mol. The maximum atomic E-state index is 5.91. The second-order valence-electron chi connectivity index (χ2n) is 5.79. The minimum Gasteiger partial charge on any atom is -0.383 e. The summed E-state index contributed by atoms with van der Waals surface area (Å²) in [6.45, 7) is 7.68. The highest BCUT2D eigenvalue weighted by molar-refractivity contribution is 5.55. The van der Waals surface area contributed by atoms with Crippen molar-refractivity contribution in [1.29, 1.82) is 0 Å². The molecule has 0 spiro atoms. The fourth-order valence-electron chi connectivity index (χ4n) is 2.61. The SMILES string of the molecule is CCC(N)CNc1ccc(N2CCCC(C)C2)cc1. The molecule has 3 heteroatoms. The van der Waals surface area contributed by atoms with Crippen LogP contribution >= 0.6 is 0 Å². The van der Waals surface area contributed by atoms with Gasteiger partial charge in [-0.1, -0.05) is 13.8 Å². The number of nitrogens with two attached hydrogens (primary N) is 1. The van der Waals surface area contributed by atoms with E-state index < -0.39 is 0 Å². The van der Waals surface area contributed by atoms with Crippen LogP contribution in [0.5, 0.6) is 0 Å². The summed E-state index contributed by atoms with van der Waals surface area (Å²) in [4.78, 5) is 2.50. The van der Waals surface area contributed by atoms with Crippen molar-refractivity contribution in [3.63, 3.8) is 0 Å². The molecule has 1 heterocycles. The number of hydrogen-bond acceptors (Lipinski definition) is 3. The van der Waals surface area contributed by atoms with Gasteiger partial charge in [0.2, 0.25) is 0 Å². The Morgan fingerprint density at radius 2 is 2.11 bits per heavy atom. The van der Waals surface area contributed by atoms with Crippen molar-refractivity contribution in [3.05, 3.63) is 24.3 Å². The topological polar surface area (TPSA) is 41.3 Å². The standard InChI is InChI=1S/C16H27N3/c1-3-14(17)11-18-15-6-8-16(9-7-15)19-10-4-5-13(2)12-19/h6-9,13-14,18H,3-5,10-12,17H2,1-2H3. The fourth-order valence-corrected chi connectivity index (χ4v) is 2.61. The summed E-state index contributed by atoms with van der Waals surface area (Å²) >= 11 is 0. The lowest BCUT2D eigenvalue weighted by molar-refractivity contribution is 0.447. The summed E-state index contributed by atoms with van der Waals surface area (Å²) in [5, 5.41) is 3.39. The monoisotopic (exact) mass is 261 g/mol. The van der Waals surface area contributed by atoms with E-state index in [1.54, 1.807) is 0 Å². The van der Waals surface area contributed by atoms with Crippen LogP contribution in [0.25, 0.3) is 0 Å². The third-order valence-corrected chi connectivity index (χ3v) is 3.98. The van der Waals surface area contributed by atoms with E-state index in [0.29, 0.717) is 0 Å². The van der Waals surface area contributed by atoms with Gasteiger partial charge in [-0.3, -0.25) is 0 Å². The van der Waals surface area contributed by atoms with Gasteiger partial charge in [-0.05, 0) is 49.4 Å². The zero-order chi connectivity index (χ0) is 13.7. The predicted octanol–water partition coefficient (Wildman–Crippen LogP) is 3.07. The van der Waals surface area contributed by atoms with Crippen LogP contribution in [0.3, 0.4) is 0 Å². The Morgan fingerprint density at radius 1 is 1.37 bits per heavy atom. The largest absolute Gasteiger partial charge is 0.383 e. The molecule has 1 aliphatic heterocycles. The van der Waals surface area contributed by atoms with Crippen molar-refractivity contribution in [2.75, 3.05) is 29.9 Å². The van der Waals surface area contributed by atoms with Gasteiger partial charge in [0.25, 0.3) is 0 Å². The van der Waals surface area contributed by atoms with E-state index >= 15 is 0 Å². The first-order valence-corrected chi connectivity index (χ1v) is 7.53. The van der Waals surface area contributed by atoms with E-state index in [4.69, 9.17) is 5.73 Å². The highest BCUT2D eigenvalue weighted by Gasteiger charge is 2.16. The Labute approximate surface area is 117 Å². The lowest BCUT2D eigenvalue weighted by Crippen LogP contribution is -2.34. The molecule has 2 atom stereocenters. The van der Waals surface area contributed by atoms with Crippen molar-refractivity contribution < 1.29 is 0 Å². The summed E-state index contributed by atoms with van der Waals surface area (Å²) in [7, 11) is 0. The van der Waals surface area contributed by atoms with Crippen molar-refractivity contribution in [2.45, 2.75) is 39.2 Å². The number of anilines is 2. The number of nitrogens with zero attached hydrogens (tertiary/aromatic N) is 1. The Bertz CT molecular complexity index is 374. The summed E-state index contributed by atoms with van der Waals surface area (Å²) in [6.07, 6.45) is 3.69. The minimum absolute atomic E-state index is 0.239. The molecular weight excluding hydrogens is 234 g/mol. The molecule has 0 bridgehead atoms. The molecule has 0 aliphatic carbocycles. The Morgan fingerprint density at radius 3 is 2.74 bits per heavy atom. The van der Waals surface area contributed by atoms with Gasteiger partial charge in [-0.2, -0.15) is 0 Å². The molecule has 0 saturated carbocycles. The number of benzene rings is 1. The summed E-state index contributed by atoms with van der Waals surface area (Å²) in [6, 6.07) is 9.01. The maximum absolute atomic E-state index is 5.91. The highest BCUT2D eigenvalue weighted by Crippen LogP contribution is 2.24. The smallest absolute Gasteiger partial charge is 0.0367 e. The van der Waals surface area contributed by atoms with Gasteiger partial charge >= 0.3 is 0 Å². The lowest BCUT2D eigenvalue weighted by atomic mass is 10.00. The molecule has 1 fully saturated rings. The molecule has 3 nitrogen and oxygen atoms in total. The average Bonchev–Trinajstić information content (AvgIpc) is 2.45. The number of hydrogen-bond donors (Lipinski definition) is 2. The van der Waals surface area contributed by atoms with Crippen molar-refractivity contribution >= 4 is 11.4 Å². The zero-order valence-corrected chi connectivity index (χ0v) is 12.2. The summed E-state index contributed by atoms with van der Waals surface area (Å²) < 4.78 is 0. The van der Waals surface area contributed by atoms with E-state index in [2.05, 4.69) is 48.3 Å². The van der Waals surface area contributed by atoms with Crippen molar-refractivity contribution in [3.8, 4) is 0 Å². The van der Waals surface area contributed by atoms with Crippen molar-refractivity contribution in [1.82, 2.24) is 0 Å². The Hall–Kier alpha value is -1.22. The van der Waals surface area contributed by atoms with E-state index in [9.17, 15) is 0 Å². The molecule has 0 radical (unpaired) electrons. The van der Waals surface area contributed by atoms with Gasteiger partial charge in [-0.25, -0.2) is 0 Å². The van der Waals surface area contributed by atoms with Crippen LogP contribution in [0.4, 0.5) is 11.4 Å². The second kappa shape index (κ2) is 6.80. The van der Waals surface area contributed by atoms with Gasteiger partial charge < -0.3 is 16.0 Å². The van der Waals surface area contributed by atoms with Gasteiger partial charge in [0.1, 0.15) is 0 Å². The molecule has 1 aromatic rings. The predicted molar refractivity (Wildman–Crippen MR) is 83.8 cm³/mol. The van der Waals surface area contributed by atoms with E-state index in [1.807, 2.05) is 0 Å². The molecule has 19 heavy (non-hydrogen) atoms. The molecule has 106 valence electrons. The van der Waals surface area contributed by atoms with Crippen LogP contribution in [0.2, 0.25) is 0 Å². The number of piperidine rings is 1. The highest BCUT2D eigenvalue weighted by atomic mass is 15.1. The Kier molecular flexibility index (Phi) is 5.08. The first-order chi connectivity index (χ1) is 9.19. The minimum atomic E-state index is 0.239. The van der Waals surface area contributed by atoms with Gasteiger partial charge in [-0.15, -0.1) is 0 Å². The third kappa shape index (κ3) is 4.13. The normalized spacial score (nSPS) is 21.2. The van der Waals surface area contributed by atoms with Crippen LogP contribution in [-0.4, -0.2) is 25.7 Å². The molecular formula is C16H27N3. The van der Waals surface area contributed by atoms with Gasteiger partial charge in [0, 0.05) is 37.1 Å². The lowest BCUT2D eigenvalue weighted by Gasteiger charge is -2.32. The van der Waals surface area contributed by atoms with Crippen LogP contribution in [0, 0.1) is 5.92 Å². The van der Waals surface area contributed by atoms with E-state index in [-0.39, 0.29) is 6.04 Å². The quantitative estimate of drug-likeness (QED) is 0.856. The number of nitrogens with one attached hydrogen (secondary N) is 1. The first kappa shape index (κ1) is 14.2. The van der Waals surface area contributed by atoms with Crippen molar-refractivity contribution in [2.24, 2.45) is 11.7 Å². The molecule has 2 unspecified atom stereocenters. The third-order valence-electron chi connectivity index (χ3n) is 3.98.